The molecule has 0 atom stereocenters. The minimum absolute atomic E-state index is 0.138. The molecule has 2 rings (SSSR count). The van der Waals surface area contributed by atoms with Crippen molar-refractivity contribution in [3.63, 3.8) is 0 Å². The fraction of sp³-hybridized carbons (Fsp3) is 0.562. The van der Waals surface area contributed by atoms with Crippen molar-refractivity contribution in [1.82, 2.24) is 5.32 Å². The molecule has 1 aliphatic rings. The van der Waals surface area contributed by atoms with E-state index in [4.69, 9.17) is 9.47 Å². The lowest BCUT2D eigenvalue weighted by atomic mass is 10.1. The summed E-state index contributed by atoms with van der Waals surface area (Å²) in [6.45, 7) is 0. The molecule has 1 aromatic carbocycles. The molecule has 0 saturated heterocycles. The van der Waals surface area contributed by atoms with Gasteiger partial charge in [0.1, 0.15) is 11.5 Å². The molecule has 0 spiro atoms. The predicted molar refractivity (Wildman–Crippen MR) is 78.3 cm³/mol. The molecule has 0 unspecified atom stereocenters. The Morgan fingerprint density at radius 1 is 1.15 bits per heavy atom. The van der Waals surface area contributed by atoms with Gasteiger partial charge in [-0.1, -0.05) is 12.8 Å². The van der Waals surface area contributed by atoms with Gasteiger partial charge < -0.3 is 14.8 Å². The Morgan fingerprint density at radius 3 is 2.30 bits per heavy atom. The monoisotopic (exact) mass is 277 g/mol. The van der Waals surface area contributed by atoms with Crippen LogP contribution in [0.3, 0.4) is 0 Å². The fourth-order valence-electron chi connectivity index (χ4n) is 2.64. The molecule has 1 N–H and O–H groups in total. The molecule has 1 saturated carbocycles. The Morgan fingerprint density at radius 2 is 1.75 bits per heavy atom. The van der Waals surface area contributed by atoms with Gasteiger partial charge in [-0.3, -0.25) is 4.79 Å². The largest absolute Gasteiger partial charge is 0.497 e. The summed E-state index contributed by atoms with van der Waals surface area (Å²) in [6.07, 6.45) is 5.92. The van der Waals surface area contributed by atoms with Crippen LogP contribution in [0.4, 0.5) is 0 Å². The molecule has 1 amide bonds. The first kappa shape index (κ1) is 14.7. The number of ether oxygens (including phenoxy) is 2. The van der Waals surface area contributed by atoms with Crippen LogP contribution in [0.15, 0.2) is 18.2 Å². The van der Waals surface area contributed by atoms with Crippen molar-refractivity contribution in [2.75, 3.05) is 14.2 Å². The van der Waals surface area contributed by atoms with Crippen LogP contribution >= 0.6 is 0 Å². The van der Waals surface area contributed by atoms with E-state index in [1.807, 2.05) is 18.2 Å². The molecule has 4 nitrogen and oxygen atoms in total. The lowest BCUT2D eigenvalue weighted by molar-refractivity contribution is -0.121. The molecule has 0 aliphatic heterocycles. The number of rotatable bonds is 6. The van der Waals surface area contributed by atoms with Gasteiger partial charge in [-0.2, -0.15) is 0 Å². The molecule has 1 aromatic rings. The van der Waals surface area contributed by atoms with Gasteiger partial charge in [0.25, 0.3) is 0 Å². The third kappa shape index (κ3) is 4.15. The lowest BCUT2D eigenvalue weighted by Gasteiger charge is -2.12. The van der Waals surface area contributed by atoms with Gasteiger partial charge in [-0.05, 0) is 37.0 Å². The Labute approximate surface area is 120 Å². The van der Waals surface area contributed by atoms with Crippen LogP contribution in [0, 0.1) is 0 Å². The van der Waals surface area contributed by atoms with E-state index >= 15 is 0 Å². The zero-order valence-corrected chi connectivity index (χ0v) is 12.3. The number of nitrogens with one attached hydrogen (secondary N) is 1. The average molecular weight is 277 g/mol. The van der Waals surface area contributed by atoms with Gasteiger partial charge in [-0.25, -0.2) is 0 Å². The van der Waals surface area contributed by atoms with Gasteiger partial charge >= 0.3 is 0 Å². The van der Waals surface area contributed by atoms with Gasteiger partial charge in [0, 0.05) is 18.5 Å². The summed E-state index contributed by atoms with van der Waals surface area (Å²) in [6, 6.07) is 6.13. The highest BCUT2D eigenvalue weighted by Gasteiger charge is 2.16. The number of aryl methyl sites for hydroxylation is 1. The lowest BCUT2D eigenvalue weighted by Crippen LogP contribution is -2.32. The minimum Gasteiger partial charge on any atom is -0.497 e. The summed E-state index contributed by atoms with van der Waals surface area (Å²) in [5, 5.41) is 3.10. The first-order chi connectivity index (χ1) is 9.71. The summed E-state index contributed by atoms with van der Waals surface area (Å²) in [5.74, 6) is 1.66. The van der Waals surface area contributed by atoms with Crippen LogP contribution < -0.4 is 14.8 Å². The fourth-order valence-corrected chi connectivity index (χ4v) is 2.64. The molecular formula is C16H23NO3. The number of carbonyl (C=O) groups excluding carboxylic acids is 1. The van der Waals surface area contributed by atoms with Crippen LogP contribution in [0.1, 0.15) is 37.7 Å². The predicted octanol–water partition coefficient (Wildman–Crippen LogP) is 2.70. The van der Waals surface area contributed by atoms with Crippen LogP contribution in [0.5, 0.6) is 11.5 Å². The van der Waals surface area contributed by atoms with Crippen LogP contribution in [0.2, 0.25) is 0 Å². The normalized spacial score (nSPS) is 15.1. The van der Waals surface area contributed by atoms with Crippen molar-refractivity contribution in [3.05, 3.63) is 23.8 Å². The van der Waals surface area contributed by atoms with Crippen molar-refractivity contribution in [1.29, 1.82) is 0 Å². The topological polar surface area (TPSA) is 47.6 Å². The summed E-state index contributed by atoms with van der Waals surface area (Å²) in [5.41, 5.74) is 1.06. The van der Waals surface area contributed by atoms with Gasteiger partial charge in [-0.15, -0.1) is 0 Å². The van der Waals surface area contributed by atoms with Crippen molar-refractivity contribution >= 4 is 5.91 Å². The maximum atomic E-state index is 11.9. The highest BCUT2D eigenvalue weighted by molar-refractivity contribution is 5.76. The summed E-state index contributed by atoms with van der Waals surface area (Å²) < 4.78 is 10.5. The van der Waals surface area contributed by atoms with Crippen molar-refractivity contribution < 1.29 is 14.3 Å². The van der Waals surface area contributed by atoms with E-state index in [0.29, 0.717) is 18.9 Å². The van der Waals surface area contributed by atoms with E-state index in [-0.39, 0.29) is 5.91 Å². The average Bonchev–Trinajstić information content (AvgIpc) is 2.97. The molecule has 1 fully saturated rings. The number of hydrogen-bond acceptors (Lipinski definition) is 3. The third-order valence-corrected chi connectivity index (χ3v) is 3.77. The van der Waals surface area contributed by atoms with E-state index in [2.05, 4.69) is 5.32 Å². The van der Waals surface area contributed by atoms with Crippen LogP contribution in [-0.2, 0) is 11.2 Å². The maximum Gasteiger partial charge on any atom is 0.220 e. The van der Waals surface area contributed by atoms with E-state index in [1.54, 1.807) is 14.2 Å². The summed E-state index contributed by atoms with van der Waals surface area (Å²) in [7, 11) is 3.26. The van der Waals surface area contributed by atoms with Crippen molar-refractivity contribution in [2.24, 2.45) is 0 Å². The molecular weight excluding hydrogens is 254 g/mol. The second-order valence-corrected chi connectivity index (χ2v) is 5.27. The Hall–Kier alpha value is -1.71. The minimum atomic E-state index is 0.138. The van der Waals surface area contributed by atoms with Crippen LogP contribution in [-0.4, -0.2) is 26.2 Å². The number of methoxy groups -OCH3 is 2. The van der Waals surface area contributed by atoms with E-state index in [1.165, 1.54) is 12.8 Å². The van der Waals surface area contributed by atoms with Gasteiger partial charge in [0.2, 0.25) is 5.91 Å². The van der Waals surface area contributed by atoms with Crippen LogP contribution in [0.25, 0.3) is 0 Å². The van der Waals surface area contributed by atoms with E-state index in [0.717, 1.165) is 29.9 Å². The molecule has 0 heterocycles. The SMILES string of the molecule is COc1cc(CCC(=O)NC2CCCC2)cc(OC)c1. The first-order valence-electron chi connectivity index (χ1n) is 7.22. The standard InChI is InChI=1S/C16H23NO3/c1-19-14-9-12(10-15(11-14)20-2)7-8-16(18)17-13-5-3-4-6-13/h9-11,13H,3-8H2,1-2H3,(H,17,18). The molecule has 110 valence electrons. The van der Waals surface area contributed by atoms with Gasteiger partial charge in [0.15, 0.2) is 0 Å². The number of benzene rings is 1. The number of carbonyl (C=O) groups is 1. The Bertz CT molecular complexity index is 431. The zero-order chi connectivity index (χ0) is 14.4. The Balaban J connectivity index is 1.87. The molecule has 4 heteroatoms. The molecule has 0 radical (unpaired) electrons. The van der Waals surface area contributed by atoms with Crippen molar-refractivity contribution in [2.45, 2.75) is 44.6 Å². The summed E-state index contributed by atoms with van der Waals surface area (Å²) in [4.78, 5) is 11.9. The number of amides is 1. The first-order valence-corrected chi connectivity index (χ1v) is 7.22. The second kappa shape index (κ2) is 7.17. The summed E-state index contributed by atoms with van der Waals surface area (Å²) >= 11 is 0. The molecule has 1 aliphatic carbocycles. The third-order valence-electron chi connectivity index (χ3n) is 3.77. The van der Waals surface area contributed by atoms with E-state index < -0.39 is 0 Å². The highest BCUT2D eigenvalue weighted by Crippen LogP contribution is 2.23. The maximum absolute atomic E-state index is 11.9. The Kier molecular flexibility index (Phi) is 5.27. The van der Waals surface area contributed by atoms with Gasteiger partial charge in [0.05, 0.1) is 14.2 Å². The van der Waals surface area contributed by atoms with Crippen molar-refractivity contribution in [3.8, 4) is 11.5 Å². The van der Waals surface area contributed by atoms with E-state index in [9.17, 15) is 4.79 Å². The quantitative estimate of drug-likeness (QED) is 0.869. The molecule has 0 aromatic heterocycles. The second-order valence-electron chi connectivity index (χ2n) is 5.27. The highest BCUT2D eigenvalue weighted by atomic mass is 16.5. The molecule has 0 bridgehead atoms. The zero-order valence-electron chi connectivity index (χ0n) is 12.3. The smallest absolute Gasteiger partial charge is 0.220 e. The number of hydrogen-bond donors (Lipinski definition) is 1. The molecule has 20 heavy (non-hydrogen) atoms.